The van der Waals surface area contributed by atoms with Crippen molar-refractivity contribution in [3.8, 4) is 0 Å². The Bertz CT molecular complexity index is 142. The van der Waals surface area contributed by atoms with Crippen LogP contribution in [0, 0.1) is 0 Å². The fourth-order valence-electron chi connectivity index (χ4n) is 0.646. The van der Waals surface area contributed by atoms with Crippen molar-refractivity contribution in [2.24, 2.45) is 0 Å². The highest BCUT2D eigenvalue weighted by molar-refractivity contribution is 4.92. The van der Waals surface area contributed by atoms with Crippen molar-refractivity contribution < 1.29 is 0 Å². The van der Waals surface area contributed by atoms with Crippen LogP contribution in [0.3, 0.4) is 0 Å². The van der Waals surface area contributed by atoms with Gasteiger partial charge in [0.2, 0.25) is 0 Å². The van der Waals surface area contributed by atoms with Gasteiger partial charge in [0.05, 0.1) is 0 Å². The molecule has 0 aromatic heterocycles. The maximum absolute atomic E-state index is 3.81. The molecule has 0 aromatic carbocycles. The van der Waals surface area contributed by atoms with E-state index in [-0.39, 0.29) is 0 Å². The minimum atomic E-state index is 0.882. The van der Waals surface area contributed by atoms with Crippen molar-refractivity contribution in [1.29, 1.82) is 0 Å². The van der Waals surface area contributed by atoms with E-state index in [1.807, 2.05) is 11.9 Å². The molecule has 11 heavy (non-hydrogen) atoms. The minimum absolute atomic E-state index is 0.882. The monoisotopic (exact) mass is 152 g/mol. The fraction of sp³-hybridized carbons (Fsp3) is 0.333. The van der Waals surface area contributed by atoms with Gasteiger partial charge in [-0.1, -0.05) is 19.7 Å². The Hall–Kier alpha value is -1.18. The third-order valence-corrected chi connectivity index (χ3v) is 1.49. The van der Waals surface area contributed by atoms with Crippen LogP contribution in [-0.4, -0.2) is 18.5 Å². The van der Waals surface area contributed by atoms with Crippen molar-refractivity contribution in [3.05, 3.63) is 37.8 Å². The number of nitrogens with one attached hydrogen (secondary N) is 1. The van der Waals surface area contributed by atoms with Gasteiger partial charge in [0.25, 0.3) is 0 Å². The Morgan fingerprint density at radius 1 is 1.45 bits per heavy atom. The molecule has 0 aliphatic carbocycles. The fourth-order valence-corrected chi connectivity index (χ4v) is 0.646. The Kier molecular flexibility index (Phi) is 4.99. The largest absolute Gasteiger partial charge is 0.392 e. The summed E-state index contributed by atoms with van der Waals surface area (Å²) in [6.07, 6.45) is 4.40. The van der Waals surface area contributed by atoms with Crippen LogP contribution in [0.1, 0.15) is 6.42 Å². The van der Waals surface area contributed by atoms with E-state index < -0.39 is 0 Å². The lowest BCUT2D eigenvalue weighted by Crippen LogP contribution is -2.14. The van der Waals surface area contributed by atoms with Crippen molar-refractivity contribution in [2.45, 2.75) is 6.42 Å². The third kappa shape index (κ3) is 4.25. The van der Waals surface area contributed by atoms with Crippen molar-refractivity contribution in [3.63, 3.8) is 0 Å². The minimum Gasteiger partial charge on any atom is -0.392 e. The van der Waals surface area contributed by atoms with Gasteiger partial charge in [0.15, 0.2) is 0 Å². The number of nitrogens with zero attached hydrogens (tertiary/aromatic N) is 1. The molecule has 0 aliphatic heterocycles. The molecular weight excluding hydrogens is 136 g/mol. The van der Waals surface area contributed by atoms with E-state index in [1.165, 1.54) is 0 Å². The van der Waals surface area contributed by atoms with Gasteiger partial charge in [-0.3, -0.25) is 0 Å². The first kappa shape index (κ1) is 9.82. The molecule has 0 bridgehead atoms. The summed E-state index contributed by atoms with van der Waals surface area (Å²) >= 11 is 0. The van der Waals surface area contributed by atoms with Gasteiger partial charge in [0.1, 0.15) is 0 Å². The zero-order valence-electron chi connectivity index (χ0n) is 7.14. The maximum Gasteiger partial charge on any atom is 0.0273 e. The van der Waals surface area contributed by atoms with E-state index >= 15 is 0 Å². The molecule has 0 saturated heterocycles. The predicted molar refractivity (Wildman–Crippen MR) is 49.9 cm³/mol. The molecule has 1 N–H and O–H groups in total. The zero-order valence-corrected chi connectivity index (χ0v) is 7.14. The molecule has 0 unspecified atom stereocenters. The maximum atomic E-state index is 3.81. The van der Waals surface area contributed by atoms with Gasteiger partial charge in [-0.2, -0.15) is 0 Å². The van der Waals surface area contributed by atoms with Gasteiger partial charge in [0, 0.05) is 25.7 Å². The average molecular weight is 152 g/mol. The van der Waals surface area contributed by atoms with E-state index in [9.17, 15) is 0 Å². The van der Waals surface area contributed by atoms with Crippen molar-refractivity contribution in [2.75, 3.05) is 13.6 Å². The average Bonchev–Trinajstić information content (AvgIpc) is 2.06. The van der Waals surface area contributed by atoms with Gasteiger partial charge in [-0.15, -0.1) is 0 Å². The Morgan fingerprint density at radius 3 is 2.36 bits per heavy atom. The molecular formula is C9H16N2. The van der Waals surface area contributed by atoms with Gasteiger partial charge < -0.3 is 10.2 Å². The van der Waals surface area contributed by atoms with E-state index in [0.29, 0.717) is 0 Å². The first-order valence-corrected chi connectivity index (χ1v) is 3.61. The van der Waals surface area contributed by atoms with Crippen LogP contribution in [0.15, 0.2) is 37.8 Å². The summed E-state index contributed by atoms with van der Waals surface area (Å²) in [6, 6.07) is 0. The Labute approximate surface area is 68.9 Å². The molecule has 0 spiro atoms. The standard InChI is InChI=1S/C9H16N2/c1-5-11(6-2)8-7-9(3)10-4/h5-6,10H,1-3,7-8H2,4H3. The summed E-state index contributed by atoms with van der Waals surface area (Å²) in [5.74, 6) is 0. The van der Waals surface area contributed by atoms with E-state index in [2.05, 4.69) is 25.1 Å². The molecule has 0 saturated carbocycles. The molecule has 0 aromatic rings. The molecule has 0 radical (unpaired) electrons. The normalized spacial score (nSPS) is 8.45. The van der Waals surface area contributed by atoms with Crippen LogP contribution in [0.2, 0.25) is 0 Å². The summed E-state index contributed by atoms with van der Waals surface area (Å²) in [5, 5.41) is 2.98. The predicted octanol–water partition coefficient (Wildman–Crippen LogP) is 1.70. The lowest BCUT2D eigenvalue weighted by atomic mass is 10.3. The highest BCUT2D eigenvalue weighted by Crippen LogP contribution is 1.97. The first-order chi connectivity index (χ1) is 5.24. The molecule has 2 nitrogen and oxygen atoms in total. The molecule has 0 amide bonds. The summed E-state index contributed by atoms with van der Waals surface area (Å²) in [5.41, 5.74) is 1.03. The van der Waals surface area contributed by atoms with E-state index in [1.54, 1.807) is 12.4 Å². The third-order valence-electron chi connectivity index (χ3n) is 1.49. The zero-order chi connectivity index (χ0) is 8.69. The van der Waals surface area contributed by atoms with Crippen molar-refractivity contribution in [1.82, 2.24) is 10.2 Å². The first-order valence-electron chi connectivity index (χ1n) is 3.61. The van der Waals surface area contributed by atoms with Crippen LogP contribution in [0.4, 0.5) is 0 Å². The van der Waals surface area contributed by atoms with E-state index in [4.69, 9.17) is 0 Å². The molecule has 0 aliphatic rings. The van der Waals surface area contributed by atoms with Gasteiger partial charge in [-0.25, -0.2) is 0 Å². The van der Waals surface area contributed by atoms with Gasteiger partial charge in [-0.05, 0) is 12.4 Å². The molecule has 0 fully saturated rings. The van der Waals surface area contributed by atoms with Crippen LogP contribution < -0.4 is 5.32 Å². The summed E-state index contributed by atoms with van der Waals surface area (Å²) in [6.45, 7) is 12.0. The number of hydrogen-bond donors (Lipinski definition) is 1. The highest BCUT2D eigenvalue weighted by Gasteiger charge is 1.93. The Morgan fingerprint density at radius 2 is 2.00 bits per heavy atom. The highest BCUT2D eigenvalue weighted by atomic mass is 15.1. The second-order valence-corrected chi connectivity index (χ2v) is 2.21. The van der Waals surface area contributed by atoms with Crippen LogP contribution in [-0.2, 0) is 0 Å². The molecule has 0 rings (SSSR count). The number of rotatable bonds is 6. The van der Waals surface area contributed by atoms with Crippen LogP contribution in [0.25, 0.3) is 0 Å². The lowest BCUT2D eigenvalue weighted by molar-refractivity contribution is 0.505. The molecule has 0 heterocycles. The van der Waals surface area contributed by atoms with Crippen molar-refractivity contribution >= 4 is 0 Å². The van der Waals surface area contributed by atoms with Crippen LogP contribution >= 0.6 is 0 Å². The smallest absolute Gasteiger partial charge is 0.0273 e. The second kappa shape index (κ2) is 5.59. The summed E-state index contributed by atoms with van der Waals surface area (Å²) < 4.78 is 0. The molecule has 2 heteroatoms. The Balaban J connectivity index is 3.58. The quantitative estimate of drug-likeness (QED) is 0.623. The van der Waals surface area contributed by atoms with Gasteiger partial charge >= 0.3 is 0 Å². The lowest BCUT2D eigenvalue weighted by Gasteiger charge is -2.14. The molecule has 0 atom stereocenters. The van der Waals surface area contributed by atoms with E-state index in [0.717, 1.165) is 18.7 Å². The van der Waals surface area contributed by atoms with Crippen LogP contribution in [0.5, 0.6) is 0 Å². The SMILES string of the molecule is C=CN(C=C)CCC(=C)NC. The topological polar surface area (TPSA) is 15.3 Å². The molecule has 62 valence electrons. The summed E-state index contributed by atoms with van der Waals surface area (Å²) in [7, 11) is 1.87. The number of hydrogen-bond acceptors (Lipinski definition) is 2. The second-order valence-electron chi connectivity index (χ2n) is 2.21. The summed E-state index contributed by atoms with van der Waals surface area (Å²) in [4.78, 5) is 1.92.